The fraction of sp³-hybridized carbons (Fsp3) is 0.500. The summed E-state index contributed by atoms with van der Waals surface area (Å²) in [5.74, 6) is 0.599. The molecule has 0 atom stereocenters. The maximum atomic E-state index is 13.4. The molecule has 6 rings (SSSR count). The van der Waals surface area contributed by atoms with Crippen LogP contribution >= 0.6 is 0 Å². The van der Waals surface area contributed by atoms with Gasteiger partial charge >= 0.3 is 10.2 Å². The second kappa shape index (κ2) is 24.3. The summed E-state index contributed by atoms with van der Waals surface area (Å²) in [6, 6.07) is 25.5. The monoisotopic (exact) mass is 1040 g/mol. The molecule has 0 radical (unpaired) electrons. The second-order valence-electron chi connectivity index (χ2n) is 18.5. The zero-order valence-electron chi connectivity index (χ0n) is 40.4. The second-order valence-corrected chi connectivity index (χ2v) is 26.3. The first-order chi connectivity index (χ1) is 32.3. The molecule has 0 N–H and O–H groups in total. The van der Waals surface area contributed by atoms with Gasteiger partial charge in [0.15, 0.2) is 0 Å². The number of benzene rings is 4. The maximum Gasteiger partial charge on any atom is 0.304 e. The number of halogens is 2. The van der Waals surface area contributed by atoms with Crippen molar-refractivity contribution in [2.75, 3.05) is 63.1 Å². The molecule has 0 amide bonds. The fourth-order valence-electron chi connectivity index (χ4n) is 7.87. The number of ether oxygens (including phenoxy) is 2. The van der Waals surface area contributed by atoms with E-state index in [0.29, 0.717) is 93.3 Å². The van der Waals surface area contributed by atoms with E-state index in [-0.39, 0.29) is 54.5 Å². The Morgan fingerprint density at radius 2 is 0.884 bits per heavy atom. The van der Waals surface area contributed by atoms with Crippen LogP contribution in [0.5, 0.6) is 11.5 Å². The van der Waals surface area contributed by atoms with Gasteiger partial charge < -0.3 is 9.47 Å². The van der Waals surface area contributed by atoms with Gasteiger partial charge in [0, 0.05) is 59.4 Å². The van der Waals surface area contributed by atoms with Gasteiger partial charge in [-0.05, 0) is 115 Å². The summed E-state index contributed by atoms with van der Waals surface area (Å²) in [6.45, 7) is 10.5. The third-order valence-electron chi connectivity index (χ3n) is 11.6. The molecule has 69 heavy (non-hydrogen) atoms. The molecule has 2 fully saturated rings. The topological polar surface area (TPSA) is 171 Å². The summed E-state index contributed by atoms with van der Waals surface area (Å²) < 4.78 is 145. The number of hydrogen-bond donors (Lipinski definition) is 0. The van der Waals surface area contributed by atoms with Crippen LogP contribution in [0.25, 0.3) is 0 Å². The molecule has 4 aromatic rings. The summed E-state index contributed by atoms with van der Waals surface area (Å²) in [4.78, 5) is 0. The minimum Gasteiger partial charge on any atom is -0.490 e. The lowest BCUT2D eigenvalue weighted by Crippen LogP contribution is -2.43. The first kappa shape index (κ1) is 55.7. The predicted molar refractivity (Wildman–Crippen MR) is 266 cm³/mol. The minimum atomic E-state index is -3.85. The lowest BCUT2D eigenvalue weighted by atomic mass is 10.1. The summed E-state index contributed by atoms with van der Waals surface area (Å²) >= 11 is 0. The van der Waals surface area contributed by atoms with E-state index >= 15 is 0 Å². The van der Waals surface area contributed by atoms with Crippen LogP contribution in [0.15, 0.2) is 97.1 Å². The average molecular weight is 1040 g/mol. The Morgan fingerprint density at radius 3 is 1.26 bits per heavy atom. The standard InChI is InChI=1S/C24H34FN3O5S2.C24H33FN2O5S2/c1-19(2)17-28(18-20-5-7-21(25)8-6-20)35(31,32)26(3)22-9-11-23(12-10-22)33-24-13-15-27(16-14-24)34(4,29)30;1-19(2)16-27(17-20-4-8-22(25)9-5-20)34(30,31)18-21-6-10-23(11-7-21)32-24-12-14-26(15-13-24)33(3,28)29/h5-12,19,24H,13-18H2,1-4H3;4-11,19,24H,12-18H2,1-3H3. The number of anilines is 1. The molecule has 0 spiro atoms. The summed E-state index contributed by atoms with van der Waals surface area (Å²) in [6.07, 6.45) is 4.64. The first-order valence-corrected chi connectivity index (χ1v) is 29.6. The van der Waals surface area contributed by atoms with Gasteiger partial charge in [-0.25, -0.2) is 42.6 Å². The molecule has 21 heteroatoms. The summed E-state index contributed by atoms with van der Waals surface area (Å²) in [5, 5.41) is 0. The molecule has 0 aliphatic carbocycles. The van der Waals surface area contributed by atoms with Gasteiger partial charge in [0.25, 0.3) is 0 Å². The average Bonchev–Trinajstić information content (AvgIpc) is 3.28. The van der Waals surface area contributed by atoms with Crippen LogP contribution in [0, 0.1) is 23.5 Å². The zero-order valence-corrected chi connectivity index (χ0v) is 43.7. The van der Waals surface area contributed by atoms with Gasteiger partial charge in [-0.15, -0.1) is 0 Å². The Bertz CT molecular complexity index is 2700. The van der Waals surface area contributed by atoms with Crippen LogP contribution in [0.4, 0.5) is 14.5 Å². The van der Waals surface area contributed by atoms with Crippen molar-refractivity contribution in [2.24, 2.45) is 11.8 Å². The van der Waals surface area contributed by atoms with E-state index in [1.165, 1.54) is 65.4 Å². The molecule has 15 nitrogen and oxygen atoms in total. The zero-order chi connectivity index (χ0) is 50.7. The molecule has 0 saturated carbocycles. The van der Waals surface area contributed by atoms with Crippen LogP contribution in [-0.2, 0) is 59.1 Å². The van der Waals surface area contributed by atoms with Crippen molar-refractivity contribution in [3.63, 3.8) is 0 Å². The molecule has 2 heterocycles. The molecular weight excluding hydrogens is 973 g/mol. The van der Waals surface area contributed by atoms with Crippen molar-refractivity contribution in [2.45, 2.75) is 84.4 Å². The van der Waals surface area contributed by atoms with Crippen LogP contribution in [-0.4, -0.2) is 122 Å². The highest BCUT2D eigenvalue weighted by molar-refractivity contribution is 7.90. The Balaban J connectivity index is 0.000000258. The first-order valence-electron chi connectivity index (χ1n) is 22.9. The lowest BCUT2D eigenvalue weighted by molar-refractivity contribution is 0.135. The Kier molecular flexibility index (Phi) is 19.6. The van der Waals surface area contributed by atoms with Crippen LogP contribution < -0.4 is 13.8 Å². The van der Waals surface area contributed by atoms with E-state index in [1.807, 2.05) is 27.7 Å². The highest BCUT2D eigenvalue weighted by atomic mass is 32.2. The number of sulfonamides is 3. The minimum absolute atomic E-state index is 0.0789. The third-order valence-corrected chi connectivity index (χ3v) is 17.8. The van der Waals surface area contributed by atoms with E-state index in [1.54, 1.807) is 72.8 Å². The van der Waals surface area contributed by atoms with Crippen molar-refractivity contribution in [3.8, 4) is 11.5 Å². The Hall–Kier alpha value is -4.22. The summed E-state index contributed by atoms with van der Waals surface area (Å²) in [5.41, 5.74) is 2.57. The smallest absolute Gasteiger partial charge is 0.304 e. The summed E-state index contributed by atoms with van der Waals surface area (Å²) in [7, 11) is -12.3. The van der Waals surface area contributed by atoms with Crippen molar-refractivity contribution in [3.05, 3.63) is 125 Å². The molecule has 0 unspecified atom stereocenters. The molecular formula is C48H67F2N5O10S4. The quantitative estimate of drug-likeness (QED) is 0.0891. The Morgan fingerprint density at radius 1 is 0.536 bits per heavy atom. The highest BCUT2D eigenvalue weighted by Crippen LogP contribution is 2.27. The van der Waals surface area contributed by atoms with Gasteiger partial charge in [0.2, 0.25) is 30.1 Å². The van der Waals surface area contributed by atoms with E-state index < -0.39 is 40.3 Å². The van der Waals surface area contributed by atoms with Crippen molar-refractivity contribution in [1.82, 2.24) is 17.2 Å². The molecule has 382 valence electrons. The van der Waals surface area contributed by atoms with Gasteiger partial charge in [-0.3, -0.25) is 4.31 Å². The van der Waals surface area contributed by atoms with Crippen molar-refractivity contribution >= 4 is 46.0 Å². The highest BCUT2D eigenvalue weighted by Gasteiger charge is 2.30. The number of piperidine rings is 2. The SMILES string of the molecule is CC(C)CN(Cc1ccc(F)cc1)S(=O)(=O)Cc1ccc(OC2CCN(S(C)(=O)=O)CC2)cc1.CC(C)CN(Cc1ccc(F)cc1)S(=O)(=O)N(C)c1ccc(OC2CCN(S(C)(=O)=O)CC2)cc1. The molecule has 2 aliphatic rings. The largest absolute Gasteiger partial charge is 0.490 e. The van der Waals surface area contributed by atoms with Gasteiger partial charge in [-0.2, -0.15) is 17.0 Å². The van der Waals surface area contributed by atoms with E-state index in [2.05, 4.69) is 0 Å². The van der Waals surface area contributed by atoms with Gasteiger partial charge in [0.05, 0.1) is 24.0 Å². The normalized spacial score (nSPS) is 16.2. The molecule has 2 saturated heterocycles. The van der Waals surface area contributed by atoms with Crippen LogP contribution in [0.2, 0.25) is 0 Å². The predicted octanol–water partition coefficient (Wildman–Crippen LogP) is 7.08. The van der Waals surface area contributed by atoms with Crippen LogP contribution in [0.1, 0.15) is 70.1 Å². The van der Waals surface area contributed by atoms with Crippen LogP contribution in [0.3, 0.4) is 0 Å². The van der Waals surface area contributed by atoms with Crippen molar-refractivity contribution < 1.29 is 51.9 Å². The van der Waals surface area contributed by atoms with Gasteiger partial charge in [-0.1, -0.05) is 64.1 Å². The maximum absolute atomic E-state index is 13.4. The number of nitrogens with zero attached hydrogens (tertiary/aromatic N) is 5. The third kappa shape index (κ3) is 17.3. The Labute approximate surface area is 409 Å². The molecule has 0 bridgehead atoms. The van der Waals surface area contributed by atoms with Gasteiger partial charge in [0.1, 0.15) is 35.3 Å². The molecule has 0 aromatic heterocycles. The van der Waals surface area contributed by atoms with E-state index in [4.69, 9.17) is 9.47 Å². The van der Waals surface area contributed by atoms with E-state index in [0.717, 1.165) is 5.56 Å². The molecule has 2 aliphatic heterocycles. The lowest BCUT2D eigenvalue weighted by Gasteiger charge is -2.31. The van der Waals surface area contributed by atoms with E-state index in [9.17, 15) is 42.5 Å². The van der Waals surface area contributed by atoms with Crippen molar-refractivity contribution in [1.29, 1.82) is 0 Å². The number of hydrogen-bond acceptors (Lipinski definition) is 10. The molecule has 4 aromatic carbocycles. The number of rotatable bonds is 20. The fourth-order valence-corrected chi connectivity index (χ4v) is 12.8.